The first-order valence-electron chi connectivity index (χ1n) is 6.53. The Hall–Kier alpha value is -2.36. The Morgan fingerprint density at radius 1 is 1.00 bits per heavy atom. The molecule has 1 atom stereocenters. The van der Waals surface area contributed by atoms with Gasteiger partial charge >= 0.3 is 0 Å². The zero-order valence-electron chi connectivity index (χ0n) is 12.0. The van der Waals surface area contributed by atoms with Crippen molar-refractivity contribution in [2.75, 3.05) is 24.3 Å². The molecule has 0 aliphatic heterocycles. The number of aromatic hydroxyl groups is 2. The number of hydrogen-bond donors (Lipinski definition) is 3. The number of phenolic OH excluding ortho intramolecular Hbond substituents is 2. The molecule has 2 aromatic rings. The molecule has 0 heterocycles. The van der Waals surface area contributed by atoms with Crippen LogP contribution in [0.4, 0.5) is 11.4 Å². The molecule has 0 aliphatic rings. The van der Waals surface area contributed by atoms with Gasteiger partial charge in [0.25, 0.3) is 0 Å². The first-order valence-corrected chi connectivity index (χ1v) is 6.53. The molecule has 0 radical (unpaired) electrons. The van der Waals surface area contributed by atoms with Crippen LogP contribution in [0, 0.1) is 0 Å². The minimum atomic E-state index is -0.0548. The highest BCUT2D eigenvalue weighted by atomic mass is 16.3. The van der Waals surface area contributed by atoms with Gasteiger partial charge in [-0.2, -0.15) is 0 Å². The van der Waals surface area contributed by atoms with Crippen molar-refractivity contribution in [1.82, 2.24) is 0 Å². The maximum Gasteiger partial charge on any atom is 0.124 e. The van der Waals surface area contributed by atoms with Gasteiger partial charge in [0.15, 0.2) is 0 Å². The van der Waals surface area contributed by atoms with E-state index in [1.54, 1.807) is 12.1 Å². The van der Waals surface area contributed by atoms with E-state index in [-0.39, 0.29) is 17.5 Å². The van der Waals surface area contributed by atoms with E-state index < -0.39 is 0 Å². The van der Waals surface area contributed by atoms with Gasteiger partial charge in [-0.1, -0.05) is 0 Å². The predicted octanol–water partition coefficient (Wildman–Crippen LogP) is 3.34. The lowest BCUT2D eigenvalue weighted by Gasteiger charge is -2.18. The Morgan fingerprint density at radius 2 is 1.65 bits per heavy atom. The fourth-order valence-corrected chi connectivity index (χ4v) is 2.08. The monoisotopic (exact) mass is 272 g/mol. The quantitative estimate of drug-likeness (QED) is 0.799. The van der Waals surface area contributed by atoms with Gasteiger partial charge in [-0.25, -0.2) is 0 Å². The fraction of sp³-hybridized carbons (Fsp3) is 0.250. The van der Waals surface area contributed by atoms with E-state index in [0.29, 0.717) is 0 Å². The van der Waals surface area contributed by atoms with Crippen LogP contribution in [0.5, 0.6) is 11.5 Å². The second-order valence-corrected chi connectivity index (χ2v) is 5.05. The van der Waals surface area contributed by atoms with E-state index in [0.717, 1.165) is 16.9 Å². The molecule has 2 rings (SSSR count). The summed E-state index contributed by atoms with van der Waals surface area (Å²) in [6.45, 7) is 1.96. The molecule has 20 heavy (non-hydrogen) atoms. The molecule has 0 bridgehead atoms. The molecule has 4 nitrogen and oxygen atoms in total. The van der Waals surface area contributed by atoms with Crippen molar-refractivity contribution in [2.24, 2.45) is 0 Å². The molecule has 0 aliphatic carbocycles. The lowest BCUT2D eigenvalue weighted by Crippen LogP contribution is -2.09. The van der Waals surface area contributed by atoms with Crippen molar-refractivity contribution in [3.63, 3.8) is 0 Å². The van der Waals surface area contributed by atoms with Crippen LogP contribution >= 0.6 is 0 Å². The number of benzene rings is 2. The SMILES string of the molecule is CC(Nc1ccc(N(C)C)cc1)c1ccc(O)cc1O. The average molecular weight is 272 g/mol. The lowest BCUT2D eigenvalue weighted by molar-refractivity contribution is 0.444. The summed E-state index contributed by atoms with van der Waals surface area (Å²) in [6, 6.07) is 12.7. The molecule has 0 saturated heterocycles. The second-order valence-electron chi connectivity index (χ2n) is 5.05. The molecular formula is C16H20N2O2. The minimum Gasteiger partial charge on any atom is -0.508 e. The second kappa shape index (κ2) is 5.74. The van der Waals surface area contributed by atoms with E-state index in [4.69, 9.17) is 0 Å². The Labute approximate surface area is 119 Å². The fourth-order valence-electron chi connectivity index (χ4n) is 2.08. The standard InChI is InChI=1S/C16H20N2O2/c1-11(15-9-8-14(19)10-16(15)20)17-12-4-6-13(7-5-12)18(2)3/h4-11,17,19-20H,1-3H3. The molecule has 0 aromatic heterocycles. The van der Waals surface area contributed by atoms with Gasteiger partial charge in [0, 0.05) is 37.1 Å². The summed E-state index contributed by atoms with van der Waals surface area (Å²) < 4.78 is 0. The van der Waals surface area contributed by atoms with Crippen LogP contribution in [0.25, 0.3) is 0 Å². The highest BCUT2D eigenvalue weighted by Gasteiger charge is 2.10. The highest BCUT2D eigenvalue weighted by molar-refractivity contribution is 5.55. The van der Waals surface area contributed by atoms with Gasteiger partial charge in [-0.05, 0) is 43.3 Å². The maximum atomic E-state index is 9.85. The first-order chi connectivity index (χ1) is 9.47. The van der Waals surface area contributed by atoms with Gasteiger partial charge < -0.3 is 20.4 Å². The molecule has 3 N–H and O–H groups in total. The van der Waals surface area contributed by atoms with E-state index in [2.05, 4.69) is 5.32 Å². The molecule has 0 saturated carbocycles. The number of nitrogens with zero attached hydrogens (tertiary/aromatic N) is 1. The van der Waals surface area contributed by atoms with Gasteiger partial charge in [-0.15, -0.1) is 0 Å². The van der Waals surface area contributed by atoms with E-state index in [1.807, 2.05) is 50.2 Å². The molecule has 4 heteroatoms. The van der Waals surface area contributed by atoms with Crippen LogP contribution in [0.2, 0.25) is 0 Å². The normalized spacial score (nSPS) is 11.9. The van der Waals surface area contributed by atoms with Crippen LogP contribution in [0.15, 0.2) is 42.5 Å². The van der Waals surface area contributed by atoms with Crippen LogP contribution in [0.3, 0.4) is 0 Å². The summed E-state index contributed by atoms with van der Waals surface area (Å²) in [5, 5.41) is 22.5. The number of phenols is 2. The van der Waals surface area contributed by atoms with Crippen LogP contribution in [0.1, 0.15) is 18.5 Å². The first kappa shape index (κ1) is 14.1. The van der Waals surface area contributed by atoms with Crippen molar-refractivity contribution in [2.45, 2.75) is 13.0 Å². The van der Waals surface area contributed by atoms with E-state index in [1.165, 1.54) is 6.07 Å². The smallest absolute Gasteiger partial charge is 0.124 e. The van der Waals surface area contributed by atoms with Gasteiger partial charge in [0.1, 0.15) is 11.5 Å². The van der Waals surface area contributed by atoms with E-state index in [9.17, 15) is 10.2 Å². The summed E-state index contributed by atoms with van der Waals surface area (Å²) in [4.78, 5) is 2.04. The number of nitrogens with one attached hydrogen (secondary N) is 1. The zero-order chi connectivity index (χ0) is 14.7. The maximum absolute atomic E-state index is 9.85. The number of hydrogen-bond acceptors (Lipinski definition) is 4. The van der Waals surface area contributed by atoms with Crippen molar-refractivity contribution < 1.29 is 10.2 Å². The largest absolute Gasteiger partial charge is 0.508 e. The molecular weight excluding hydrogens is 252 g/mol. The third-order valence-electron chi connectivity index (χ3n) is 3.25. The van der Waals surface area contributed by atoms with Gasteiger partial charge in [0.2, 0.25) is 0 Å². The third-order valence-corrected chi connectivity index (χ3v) is 3.25. The Bertz CT molecular complexity index is 580. The summed E-state index contributed by atoms with van der Waals surface area (Å²) in [7, 11) is 4.00. The molecule has 0 amide bonds. The summed E-state index contributed by atoms with van der Waals surface area (Å²) >= 11 is 0. The summed E-state index contributed by atoms with van der Waals surface area (Å²) in [5.41, 5.74) is 2.87. The average Bonchev–Trinajstić information content (AvgIpc) is 2.39. The van der Waals surface area contributed by atoms with Crippen molar-refractivity contribution in [3.05, 3.63) is 48.0 Å². The van der Waals surface area contributed by atoms with Gasteiger partial charge in [0.05, 0.1) is 6.04 Å². The summed E-state index contributed by atoms with van der Waals surface area (Å²) in [6.07, 6.45) is 0. The predicted molar refractivity (Wildman–Crippen MR) is 82.6 cm³/mol. The van der Waals surface area contributed by atoms with Crippen LogP contribution in [-0.2, 0) is 0 Å². The third kappa shape index (κ3) is 3.15. The number of rotatable bonds is 4. The lowest BCUT2D eigenvalue weighted by atomic mass is 10.1. The van der Waals surface area contributed by atoms with Gasteiger partial charge in [-0.3, -0.25) is 0 Å². The Balaban J connectivity index is 2.12. The minimum absolute atomic E-state index is 0.0548. The molecule has 1 unspecified atom stereocenters. The Morgan fingerprint density at radius 3 is 2.20 bits per heavy atom. The van der Waals surface area contributed by atoms with E-state index >= 15 is 0 Å². The topological polar surface area (TPSA) is 55.7 Å². The van der Waals surface area contributed by atoms with Crippen molar-refractivity contribution in [3.8, 4) is 11.5 Å². The Kier molecular flexibility index (Phi) is 4.03. The van der Waals surface area contributed by atoms with Crippen LogP contribution < -0.4 is 10.2 Å². The molecule has 0 fully saturated rings. The van der Waals surface area contributed by atoms with Crippen molar-refractivity contribution in [1.29, 1.82) is 0 Å². The molecule has 2 aromatic carbocycles. The van der Waals surface area contributed by atoms with Crippen molar-refractivity contribution >= 4 is 11.4 Å². The highest BCUT2D eigenvalue weighted by Crippen LogP contribution is 2.30. The zero-order valence-corrected chi connectivity index (χ0v) is 12.0. The van der Waals surface area contributed by atoms with Crippen LogP contribution in [-0.4, -0.2) is 24.3 Å². The molecule has 106 valence electrons. The molecule has 0 spiro atoms. The summed E-state index contributed by atoms with van der Waals surface area (Å²) in [5.74, 6) is 0.156. The number of anilines is 2.